The van der Waals surface area contributed by atoms with Gasteiger partial charge < -0.3 is 0 Å². The van der Waals surface area contributed by atoms with Gasteiger partial charge in [-0.2, -0.15) is 5.10 Å². The van der Waals surface area contributed by atoms with Crippen LogP contribution < -0.4 is 0 Å². The molecule has 1 aromatic heterocycles. The second kappa shape index (κ2) is 3.87. The van der Waals surface area contributed by atoms with Crippen LogP contribution in [0.5, 0.6) is 0 Å². The van der Waals surface area contributed by atoms with Crippen molar-refractivity contribution in [1.29, 1.82) is 0 Å². The Labute approximate surface area is 96.5 Å². The SMILES string of the molecule is Cc1nn(-c2ccc(F)cc2F)c(C)c1Cl. The minimum atomic E-state index is -0.665. The zero-order valence-electron chi connectivity index (χ0n) is 8.76. The first-order valence-electron chi connectivity index (χ1n) is 4.68. The van der Waals surface area contributed by atoms with Crippen molar-refractivity contribution in [3.05, 3.63) is 46.2 Å². The largest absolute Gasteiger partial charge is 0.233 e. The molecule has 1 aromatic carbocycles. The molecule has 0 saturated heterocycles. The molecule has 0 aliphatic rings. The number of rotatable bonds is 1. The first-order valence-corrected chi connectivity index (χ1v) is 5.05. The Bertz CT molecular complexity index is 549. The third-order valence-electron chi connectivity index (χ3n) is 2.34. The van der Waals surface area contributed by atoms with Crippen LogP contribution in [0.4, 0.5) is 8.78 Å². The van der Waals surface area contributed by atoms with Gasteiger partial charge in [-0.05, 0) is 26.0 Å². The van der Waals surface area contributed by atoms with E-state index in [4.69, 9.17) is 11.6 Å². The Hall–Kier alpha value is -1.42. The van der Waals surface area contributed by atoms with Gasteiger partial charge in [0.2, 0.25) is 0 Å². The molecule has 16 heavy (non-hydrogen) atoms. The van der Waals surface area contributed by atoms with E-state index in [0.29, 0.717) is 16.4 Å². The van der Waals surface area contributed by atoms with E-state index < -0.39 is 11.6 Å². The van der Waals surface area contributed by atoms with Crippen LogP contribution in [0, 0.1) is 25.5 Å². The fourth-order valence-electron chi connectivity index (χ4n) is 1.51. The van der Waals surface area contributed by atoms with E-state index in [0.717, 1.165) is 6.07 Å². The molecule has 1 heterocycles. The summed E-state index contributed by atoms with van der Waals surface area (Å²) in [4.78, 5) is 0. The highest BCUT2D eigenvalue weighted by atomic mass is 35.5. The molecule has 5 heteroatoms. The highest BCUT2D eigenvalue weighted by Crippen LogP contribution is 2.23. The summed E-state index contributed by atoms with van der Waals surface area (Å²) in [5, 5.41) is 4.58. The molecule has 0 bridgehead atoms. The van der Waals surface area contributed by atoms with Gasteiger partial charge in [-0.3, -0.25) is 0 Å². The number of halogens is 3. The van der Waals surface area contributed by atoms with Crippen molar-refractivity contribution >= 4 is 11.6 Å². The van der Waals surface area contributed by atoms with Crippen molar-refractivity contribution in [3.63, 3.8) is 0 Å². The summed E-state index contributed by atoms with van der Waals surface area (Å²) < 4.78 is 27.6. The number of hydrogen-bond acceptors (Lipinski definition) is 1. The second-order valence-electron chi connectivity index (χ2n) is 3.49. The Morgan fingerprint density at radius 2 is 1.94 bits per heavy atom. The normalized spacial score (nSPS) is 10.8. The Kier molecular flexibility index (Phi) is 2.68. The lowest BCUT2D eigenvalue weighted by Crippen LogP contribution is -2.02. The quantitative estimate of drug-likeness (QED) is 0.749. The fraction of sp³-hybridized carbons (Fsp3) is 0.182. The number of nitrogens with zero attached hydrogens (tertiary/aromatic N) is 2. The molecule has 0 N–H and O–H groups in total. The van der Waals surface area contributed by atoms with Crippen molar-refractivity contribution in [2.24, 2.45) is 0 Å². The van der Waals surface area contributed by atoms with E-state index >= 15 is 0 Å². The highest BCUT2D eigenvalue weighted by Gasteiger charge is 2.13. The van der Waals surface area contributed by atoms with Crippen LogP contribution in [0.1, 0.15) is 11.4 Å². The smallest absolute Gasteiger partial charge is 0.151 e. The van der Waals surface area contributed by atoms with Crippen LogP contribution >= 0.6 is 11.6 Å². The first kappa shape index (κ1) is 11.1. The van der Waals surface area contributed by atoms with Crippen molar-refractivity contribution in [1.82, 2.24) is 9.78 Å². The topological polar surface area (TPSA) is 17.8 Å². The predicted molar refractivity (Wildman–Crippen MR) is 58.0 cm³/mol. The maximum atomic E-state index is 13.5. The van der Waals surface area contributed by atoms with Crippen molar-refractivity contribution in [3.8, 4) is 5.69 Å². The molecule has 0 spiro atoms. The number of aryl methyl sites for hydroxylation is 1. The molecule has 2 aromatic rings. The van der Waals surface area contributed by atoms with E-state index in [1.165, 1.54) is 16.8 Å². The molecule has 0 amide bonds. The first-order chi connectivity index (χ1) is 7.50. The summed E-state index contributed by atoms with van der Waals surface area (Å²) in [6, 6.07) is 3.34. The Morgan fingerprint density at radius 1 is 1.25 bits per heavy atom. The zero-order valence-corrected chi connectivity index (χ0v) is 9.52. The van der Waals surface area contributed by atoms with Gasteiger partial charge in [0.15, 0.2) is 5.82 Å². The molecule has 2 nitrogen and oxygen atoms in total. The van der Waals surface area contributed by atoms with Gasteiger partial charge in [0.1, 0.15) is 11.5 Å². The second-order valence-corrected chi connectivity index (χ2v) is 3.87. The van der Waals surface area contributed by atoms with E-state index in [1.807, 2.05) is 0 Å². The molecule has 0 saturated carbocycles. The molecule has 0 fully saturated rings. The predicted octanol–water partition coefficient (Wildman–Crippen LogP) is 3.42. The zero-order chi connectivity index (χ0) is 11.9. The average Bonchev–Trinajstić information content (AvgIpc) is 2.46. The summed E-state index contributed by atoms with van der Waals surface area (Å²) in [7, 11) is 0. The van der Waals surface area contributed by atoms with Gasteiger partial charge in [0.05, 0.1) is 16.4 Å². The maximum absolute atomic E-state index is 13.5. The third kappa shape index (κ3) is 1.69. The standard InChI is InChI=1S/C11H9ClF2N2/c1-6-11(12)7(2)16(15-6)10-4-3-8(13)5-9(10)14/h3-5H,1-2H3. The number of hydrogen-bond donors (Lipinski definition) is 0. The van der Waals surface area contributed by atoms with Crippen LogP contribution in [0.3, 0.4) is 0 Å². The highest BCUT2D eigenvalue weighted by molar-refractivity contribution is 6.31. The Balaban J connectivity index is 2.63. The van der Waals surface area contributed by atoms with Crippen LogP contribution in [0.25, 0.3) is 5.69 Å². The van der Waals surface area contributed by atoms with Crippen LogP contribution in [-0.4, -0.2) is 9.78 Å². The van der Waals surface area contributed by atoms with Crippen molar-refractivity contribution in [2.45, 2.75) is 13.8 Å². The van der Waals surface area contributed by atoms with Gasteiger partial charge in [0.25, 0.3) is 0 Å². The lowest BCUT2D eigenvalue weighted by molar-refractivity contribution is 0.572. The number of aromatic nitrogens is 2. The Morgan fingerprint density at radius 3 is 2.44 bits per heavy atom. The van der Waals surface area contributed by atoms with E-state index in [2.05, 4.69) is 5.10 Å². The van der Waals surface area contributed by atoms with Gasteiger partial charge in [-0.1, -0.05) is 11.6 Å². The minimum Gasteiger partial charge on any atom is -0.233 e. The maximum Gasteiger partial charge on any atom is 0.151 e. The van der Waals surface area contributed by atoms with E-state index in [9.17, 15) is 8.78 Å². The molecule has 0 aliphatic heterocycles. The molecular formula is C11H9ClF2N2. The van der Waals surface area contributed by atoms with Crippen molar-refractivity contribution in [2.75, 3.05) is 0 Å². The molecule has 0 radical (unpaired) electrons. The van der Waals surface area contributed by atoms with Gasteiger partial charge >= 0.3 is 0 Å². The average molecular weight is 243 g/mol. The molecule has 0 atom stereocenters. The van der Waals surface area contributed by atoms with Gasteiger partial charge in [-0.25, -0.2) is 13.5 Å². The summed E-state index contributed by atoms with van der Waals surface area (Å²) in [5.41, 5.74) is 1.43. The summed E-state index contributed by atoms with van der Waals surface area (Å²) in [5.74, 6) is -1.28. The van der Waals surface area contributed by atoms with E-state index in [1.54, 1.807) is 13.8 Å². The monoisotopic (exact) mass is 242 g/mol. The van der Waals surface area contributed by atoms with Gasteiger partial charge in [0, 0.05) is 6.07 Å². The summed E-state index contributed by atoms with van der Waals surface area (Å²) >= 11 is 5.95. The van der Waals surface area contributed by atoms with E-state index in [-0.39, 0.29) is 5.69 Å². The lowest BCUT2D eigenvalue weighted by Gasteiger charge is -2.05. The summed E-state index contributed by atoms with van der Waals surface area (Å²) in [6.07, 6.45) is 0. The van der Waals surface area contributed by atoms with Crippen LogP contribution in [0.2, 0.25) is 5.02 Å². The molecule has 2 rings (SSSR count). The van der Waals surface area contributed by atoms with Crippen molar-refractivity contribution < 1.29 is 8.78 Å². The molecule has 0 unspecified atom stereocenters. The molecule has 84 valence electrons. The number of benzene rings is 1. The fourth-order valence-corrected chi connectivity index (χ4v) is 1.63. The van der Waals surface area contributed by atoms with Crippen LogP contribution in [0.15, 0.2) is 18.2 Å². The molecule has 0 aliphatic carbocycles. The lowest BCUT2D eigenvalue weighted by atomic mass is 10.3. The van der Waals surface area contributed by atoms with Gasteiger partial charge in [-0.15, -0.1) is 0 Å². The third-order valence-corrected chi connectivity index (χ3v) is 2.89. The minimum absolute atomic E-state index is 0.189. The molecular weight excluding hydrogens is 234 g/mol. The summed E-state index contributed by atoms with van der Waals surface area (Å²) in [6.45, 7) is 3.46. The van der Waals surface area contributed by atoms with Crippen LogP contribution in [-0.2, 0) is 0 Å².